The van der Waals surface area contributed by atoms with Crippen LogP contribution < -0.4 is 20.9 Å². The lowest BCUT2D eigenvalue weighted by molar-refractivity contribution is 0.259. The van der Waals surface area contributed by atoms with E-state index in [9.17, 15) is 4.79 Å². The molecule has 0 spiro atoms. The van der Waals surface area contributed by atoms with E-state index in [0.717, 1.165) is 42.2 Å². The van der Waals surface area contributed by atoms with Gasteiger partial charge in [0, 0.05) is 5.39 Å². The quantitative estimate of drug-likeness (QED) is 0.530. The molecule has 0 aliphatic heterocycles. The summed E-state index contributed by atoms with van der Waals surface area (Å²) in [6.45, 7) is 5.32. The van der Waals surface area contributed by atoms with E-state index in [4.69, 9.17) is 15.3 Å². The fraction of sp³-hybridized carbons (Fsp3) is 0.526. The molecule has 24 heavy (non-hydrogen) atoms. The first-order valence-electron chi connectivity index (χ1n) is 8.89. The Morgan fingerprint density at radius 3 is 2.33 bits per heavy atom. The topological polar surface area (TPSA) is 66.5 Å². The van der Waals surface area contributed by atoms with Crippen molar-refractivity contribution in [3.63, 3.8) is 0 Å². The van der Waals surface area contributed by atoms with Crippen LogP contribution in [0.2, 0.25) is 0 Å². The SMILES string of the molecule is CCCCCCOc1c(OCCCC)c2ccccc2n(N)c1=O. The highest BCUT2D eigenvalue weighted by atomic mass is 16.5. The molecule has 5 heteroatoms. The van der Waals surface area contributed by atoms with Gasteiger partial charge in [0.2, 0.25) is 5.75 Å². The van der Waals surface area contributed by atoms with Crippen molar-refractivity contribution in [3.8, 4) is 11.5 Å². The minimum absolute atomic E-state index is 0.226. The van der Waals surface area contributed by atoms with Crippen molar-refractivity contribution >= 4 is 10.9 Å². The highest BCUT2D eigenvalue weighted by molar-refractivity contribution is 5.87. The fourth-order valence-corrected chi connectivity index (χ4v) is 2.61. The Morgan fingerprint density at radius 1 is 0.917 bits per heavy atom. The van der Waals surface area contributed by atoms with Crippen molar-refractivity contribution in [1.29, 1.82) is 0 Å². The molecular weight excluding hydrogens is 304 g/mol. The number of hydrogen-bond acceptors (Lipinski definition) is 4. The summed E-state index contributed by atoms with van der Waals surface area (Å²) in [4.78, 5) is 12.6. The lowest BCUT2D eigenvalue weighted by Gasteiger charge is -2.16. The monoisotopic (exact) mass is 332 g/mol. The summed E-state index contributed by atoms with van der Waals surface area (Å²) in [6.07, 6.45) is 6.29. The summed E-state index contributed by atoms with van der Waals surface area (Å²) in [5.74, 6) is 6.70. The van der Waals surface area contributed by atoms with Crippen LogP contribution >= 0.6 is 0 Å². The predicted octanol–water partition coefficient (Wildman–Crippen LogP) is 3.85. The Hall–Kier alpha value is -2.17. The Labute approximate surface area is 143 Å². The number of nitrogen functional groups attached to an aromatic ring is 1. The van der Waals surface area contributed by atoms with Crippen molar-refractivity contribution in [3.05, 3.63) is 34.6 Å². The Morgan fingerprint density at radius 2 is 1.58 bits per heavy atom. The summed E-state index contributed by atoms with van der Waals surface area (Å²) in [5.41, 5.74) is 0.294. The number of nitrogens with zero attached hydrogens (tertiary/aromatic N) is 1. The number of para-hydroxylation sites is 1. The third kappa shape index (κ3) is 4.22. The number of benzene rings is 1. The molecular formula is C19H28N2O3. The van der Waals surface area contributed by atoms with Gasteiger partial charge in [-0.1, -0.05) is 51.7 Å². The minimum atomic E-state index is -0.351. The van der Waals surface area contributed by atoms with Gasteiger partial charge < -0.3 is 15.3 Å². The highest BCUT2D eigenvalue weighted by Crippen LogP contribution is 2.32. The molecule has 0 amide bonds. The maximum absolute atomic E-state index is 12.6. The van der Waals surface area contributed by atoms with Crippen LogP contribution in [0, 0.1) is 0 Å². The molecule has 0 saturated heterocycles. The molecule has 0 fully saturated rings. The van der Waals surface area contributed by atoms with Gasteiger partial charge in [0.25, 0.3) is 0 Å². The van der Waals surface area contributed by atoms with Crippen molar-refractivity contribution in [1.82, 2.24) is 4.68 Å². The summed E-state index contributed by atoms with van der Waals surface area (Å²) >= 11 is 0. The largest absolute Gasteiger partial charge is 0.489 e. The van der Waals surface area contributed by atoms with Gasteiger partial charge in [0.15, 0.2) is 5.75 Å². The van der Waals surface area contributed by atoms with E-state index in [1.807, 2.05) is 24.3 Å². The molecule has 2 aromatic rings. The molecule has 0 unspecified atom stereocenters. The zero-order chi connectivity index (χ0) is 17.4. The third-order valence-electron chi connectivity index (χ3n) is 4.02. The van der Waals surface area contributed by atoms with Gasteiger partial charge in [-0.3, -0.25) is 4.79 Å². The van der Waals surface area contributed by atoms with Crippen molar-refractivity contribution in [2.75, 3.05) is 19.1 Å². The van der Waals surface area contributed by atoms with Crippen molar-refractivity contribution in [2.45, 2.75) is 52.4 Å². The molecule has 132 valence electrons. The minimum Gasteiger partial charge on any atom is -0.489 e. The molecule has 0 saturated carbocycles. The first kappa shape index (κ1) is 18.2. The smallest absolute Gasteiger partial charge is 0.315 e. The van der Waals surface area contributed by atoms with Crippen LogP contribution in [0.15, 0.2) is 29.1 Å². The van der Waals surface area contributed by atoms with Gasteiger partial charge in [-0.05, 0) is 25.0 Å². The summed E-state index contributed by atoms with van der Waals surface area (Å²) in [5, 5.41) is 0.805. The number of rotatable bonds is 10. The molecule has 1 aromatic heterocycles. The van der Waals surface area contributed by atoms with Crippen LogP contribution in [0.4, 0.5) is 0 Å². The predicted molar refractivity (Wildman–Crippen MR) is 98.4 cm³/mol. The zero-order valence-corrected chi connectivity index (χ0v) is 14.7. The number of pyridine rings is 1. The van der Waals surface area contributed by atoms with Gasteiger partial charge in [0.05, 0.1) is 18.7 Å². The molecule has 5 nitrogen and oxygen atoms in total. The molecule has 2 rings (SSSR count). The standard InChI is InChI=1S/C19H28N2O3/c1-3-5-7-10-14-24-18-17(23-13-6-4-2)15-11-8-9-12-16(15)21(20)19(18)22/h8-9,11-12H,3-7,10,13-14,20H2,1-2H3. The van der Waals surface area contributed by atoms with E-state index in [2.05, 4.69) is 13.8 Å². The first-order valence-corrected chi connectivity index (χ1v) is 8.89. The normalized spacial score (nSPS) is 10.9. The van der Waals surface area contributed by atoms with Crippen LogP contribution in [0.5, 0.6) is 11.5 Å². The molecule has 2 N–H and O–H groups in total. The van der Waals surface area contributed by atoms with Crippen LogP contribution in [0.3, 0.4) is 0 Å². The number of fused-ring (bicyclic) bond motifs is 1. The molecule has 0 atom stereocenters. The van der Waals surface area contributed by atoms with E-state index < -0.39 is 0 Å². The number of unbranched alkanes of at least 4 members (excludes halogenated alkanes) is 4. The highest BCUT2D eigenvalue weighted by Gasteiger charge is 2.18. The molecule has 0 bridgehead atoms. The second-order valence-corrected chi connectivity index (χ2v) is 5.96. The second-order valence-electron chi connectivity index (χ2n) is 5.96. The summed E-state index contributed by atoms with van der Waals surface area (Å²) in [7, 11) is 0. The van der Waals surface area contributed by atoms with Crippen LogP contribution in [0.1, 0.15) is 52.4 Å². The molecule has 0 aliphatic rings. The number of ether oxygens (including phenoxy) is 2. The van der Waals surface area contributed by atoms with Gasteiger partial charge in [-0.25, -0.2) is 4.68 Å². The van der Waals surface area contributed by atoms with Crippen LogP contribution in [-0.4, -0.2) is 17.9 Å². The third-order valence-corrected chi connectivity index (χ3v) is 4.02. The van der Waals surface area contributed by atoms with E-state index >= 15 is 0 Å². The van der Waals surface area contributed by atoms with Gasteiger partial charge in [-0.2, -0.15) is 0 Å². The molecule has 1 aromatic carbocycles. The van der Waals surface area contributed by atoms with E-state index in [-0.39, 0.29) is 11.3 Å². The van der Waals surface area contributed by atoms with E-state index in [1.54, 1.807) is 0 Å². The van der Waals surface area contributed by atoms with Crippen molar-refractivity contribution in [2.24, 2.45) is 0 Å². The molecule has 0 aliphatic carbocycles. The van der Waals surface area contributed by atoms with Gasteiger partial charge >= 0.3 is 5.56 Å². The second kappa shape index (κ2) is 9.21. The molecule has 1 heterocycles. The summed E-state index contributed by atoms with van der Waals surface area (Å²) in [6, 6.07) is 7.48. The fourth-order valence-electron chi connectivity index (χ4n) is 2.61. The lowest BCUT2D eigenvalue weighted by atomic mass is 10.2. The maximum atomic E-state index is 12.6. The van der Waals surface area contributed by atoms with Crippen LogP contribution in [0.25, 0.3) is 10.9 Å². The Kier molecular flexibility index (Phi) is 6.97. The first-order chi connectivity index (χ1) is 11.7. The Balaban J connectivity index is 2.33. The maximum Gasteiger partial charge on any atom is 0.315 e. The number of aromatic nitrogens is 1. The zero-order valence-electron chi connectivity index (χ0n) is 14.7. The lowest BCUT2D eigenvalue weighted by Crippen LogP contribution is -2.29. The Bertz CT molecular complexity index is 710. The number of nitrogens with two attached hydrogens (primary N) is 1. The summed E-state index contributed by atoms with van der Waals surface area (Å²) < 4.78 is 12.8. The van der Waals surface area contributed by atoms with Gasteiger partial charge in [-0.15, -0.1) is 0 Å². The van der Waals surface area contributed by atoms with E-state index in [0.29, 0.717) is 24.5 Å². The van der Waals surface area contributed by atoms with Gasteiger partial charge in [0.1, 0.15) is 0 Å². The molecule has 0 radical (unpaired) electrons. The number of hydrogen-bond donors (Lipinski definition) is 1. The van der Waals surface area contributed by atoms with Crippen molar-refractivity contribution < 1.29 is 9.47 Å². The van der Waals surface area contributed by atoms with Crippen LogP contribution in [-0.2, 0) is 0 Å². The average molecular weight is 332 g/mol. The average Bonchev–Trinajstić information content (AvgIpc) is 2.61. The van der Waals surface area contributed by atoms with E-state index in [1.165, 1.54) is 6.42 Å².